The van der Waals surface area contributed by atoms with Crippen LogP contribution in [0.4, 0.5) is 11.5 Å². The normalized spacial score (nSPS) is 10.4. The predicted molar refractivity (Wildman–Crippen MR) is 69.8 cm³/mol. The first-order chi connectivity index (χ1) is 7.65. The summed E-state index contributed by atoms with van der Waals surface area (Å²) in [4.78, 5) is 6.75. The molecule has 0 radical (unpaired) electrons. The van der Waals surface area contributed by atoms with Gasteiger partial charge in [-0.3, -0.25) is 0 Å². The molecule has 16 heavy (non-hydrogen) atoms. The van der Waals surface area contributed by atoms with Gasteiger partial charge in [-0.15, -0.1) is 11.3 Å². The molecule has 2 aromatic rings. The highest BCUT2D eigenvalue weighted by Crippen LogP contribution is 2.21. The molecule has 84 valence electrons. The van der Waals surface area contributed by atoms with E-state index in [1.165, 1.54) is 15.3 Å². The number of nitrogens with zero attached hydrogens (tertiary/aromatic N) is 1. The Bertz CT molecular complexity index is 454. The van der Waals surface area contributed by atoms with Crippen LogP contribution in [0.5, 0.6) is 0 Å². The molecule has 0 atom stereocenters. The lowest BCUT2D eigenvalue weighted by atomic mass is 10.3. The number of nitrogens with two attached hydrogens (primary N) is 1. The van der Waals surface area contributed by atoms with Crippen molar-refractivity contribution in [2.45, 2.75) is 20.4 Å². The van der Waals surface area contributed by atoms with Gasteiger partial charge < -0.3 is 11.1 Å². The summed E-state index contributed by atoms with van der Waals surface area (Å²) in [6.45, 7) is 5.12. The van der Waals surface area contributed by atoms with Crippen LogP contribution < -0.4 is 11.1 Å². The SMILES string of the molecule is Cc1cc(CNc2ccc(N)nc2)sc1C. The van der Waals surface area contributed by atoms with Crippen molar-refractivity contribution >= 4 is 22.8 Å². The Morgan fingerprint density at radius 1 is 1.38 bits per heavy atom. The topological polar surface area (TPSA) is 50.9 Å². The van der Waals surface area contributed by atoms with E-state index in [4.69, 9.17) is 5.73 Å². The number of aromatic nitrogens is 1. The van der Waals surface area contributed by atoms with E-state index in [-0.39, 0.29) is 0 Å². The van der Waals surface area contributed by atoms with Gasteiger partial charge in [-0.05, 0) is 37.6 Å². The number of nitrogen functional groups attached to an aromatic ring is 1. The summed E-state index contributed by atoms with van der Waals surface area (Å²) in [5.74, 6) is 0.549. The molecule has 0 fully saturated rings. The molecule has 3 nitrogen and oxygen atoms in total. The number of pyridine rings is 1. The highest BCUT2D eigenvalue weighted by Gasteiger charge is 2.01. The zero-order valence-electron chi connectivity index (χ0n) is 9.45. The van der Waals surface area contributed by atoms with Gasteiger partial charge in [0.1, 0.15) is 5.82 Å². The molecule has 0 aliphatic rings. The second-order valence-corrected chi connectivity index (χ2v) is 5.12. The van der Waals surface area contributed by atoms with Crippen molar-refractivity contribution < 1.29 is 0 Å². The van der Waals surface area contributed by atoms with Crippen LogP contribution in [0.3, 0.4) is 0 Å². The molecule has 0 aliphatic heterocycles. The van der Waals surface area contributed by atoms with Crippen molar-refractivity contribution in [1.29, 1.82) is 0 Å². The van der Waals surface area contributed by atoms with Crippen LogP contribution in [0.2, 0.25) is 0 Å². The highest BCUT2D eigenvalue weighted by molar-refractivity contribution is 7.12. The lowest BCUT2D eigenvalue weighted by Crippen LogP contribution is -1.98. The molecule has 2 aromatic heterocycles. The monoisotopic (exact) mass is 233 g/mol. The van der Waals surface area contributed by atoms with Crippen molar-refractivity contribution in [2.24, 2.45) is 0 Å². The van der Waals surface area contributed by atoms with Crippen molar-refractivity contribution in [2.75, 3.05) is 11.1 Å². The molecule has 0 unspecified atom stereocenters. The first-order valence-corrected chi connectivity index (χ1v) is 5.98. The van der Waals surface area contributed by atoms with Gasteiger partial charge in [0, 0.05) is 16.3 Å². The average Bonchev–Trinajstić information content (AvgIpc) is 2.58. The number of nitrogens with one attached hydrogen (secondary N) is 1. The predicted octanol–water partition coefficient (Wildman–Crippen LogP) is 2.95. The molecule has 2 rings (SSSR count). The molecule has 0 saturated carbocycles. The van der Waals surface area contributed by atoms with E-state index in [1.807, 2.05) is 17.4 Å². The number of anilines is 2. The summed E-state index contributed by atoms with van der Waals surface area (Å²) in [6, 6.07) is 5.96. The summed E-state index contributed by atoms with van der Waals surface area (Å²) >= 11 is 1.83. The molecule has 0 bridgehead atoms. The molecule has 0 spiro atoms. The van der Waals surface area contributed by atoms with Crippen LogP contribution in [0.1, 0.15) is 15.3 Å². The van der Waals surface area contributed by atoms with Gasteiger partial charge in [0.25, 0.3) is 0 Å². The lowest BCUT2D eigenvalue weighted by molar-refractivity contribution is 1.17. The number of aryl methyl sites for hydroxylation is 2. The molecule has 0 amide bonds. The Balaban J connectivity index is 1.99. The third-order valence-corrected chi connectivity index (χ3v) is 3.62. The summed E-state index contributed by atoms with van der Waals surface area (Å²) in [5, 5.41) is 3.32. The standard InChI is InChI=1S/C12H15N3S/c1-8-5-11(16-9(8)2)7-14-10-3-4-12(13)15-6-10/h3-6,14H,7H2,1-2H3,(H2,13,15). The first kappa shape index (κ1) is 11.0. The van der Waals surface area contributed by atoms with E-state index in [2.05, 4.69) is 30.2 Å². The van der Waals surface area contributed by atoms with Gasteiger partial charge in [0.2, 0.25) is 0 Å². The average molecular weight is 233 g/mol. The van der Waals surface area contributed by atoms with Crippen LogP contribution >= 0.6 is 11.3 Å². The van der Waals surface area contributed by atoms with Crippen LogP contribution in [0, 0.1) is 13.8 Å². The summed E-state index contributed by atoms with van der Waals surface area (Å²) < 4.78 is 0. The maximum atomic E-state index is 5.52. The van der Waals surface area contributed by atoms with Crippen molar-refractivity contribution in [3.8, 4) is 0 Å². The summed E-state index contributed by atoms with van der Waals surface area (Å²) in [5.41, 5.74) is 7.88. The zero-order chi connectivity index (χ0) is 11.5. The van der Waals surface area contributed by atoms with Crippen LogP contribution in [-0.4, -0.2) is 4.98 Å². The minimum Gasteiger partial charge on any atom is -0.384 e. The largest absolute Gasteiger partial charge is 0.384 e. The smallest absolute Gasteiger partial charge is 0.123 e. The van der Waals surface area contributed by atoms with Crippen molar-refractivity contribution in [3.63, 3.8) is 0 Å². The minimum atomic E-state index is 0.549. The Morgan fingerprint density at radius 2 is 2.19 bits per heavy atom. The Hall–Kier alpha value is -1.55. The third kappa shape index (κ3) is 2.52. The van der Waals surface area contributed by atoms with Crippen LogP contribution in [0.25, 0.3) is 0 Å². The van der Waals surface area contributed by atoms with Gasteiger partial charge in [0.05, 0.1) is 11.9 Å². The second-order valence-electron chi connectivity index (χ2n) is 3.78. The second kappa shape index (κ2) is 4.53. The van der Waals surface area contributed by atoms with E-state index >= 15 is 0 Å². The number of rotatable bonds is 3. The van der Waals surface area contributed by atoms with Crippen LogP contribution in [0.15, 0.2) is 24.4 Å². The Labute approximate surface area is 99.3 Å². The molecule has 4 heteroatoms. The molecular weight excluding hydrogens is 218 g/mol. The third-order valence-electron chi connectivity index (χ3n) is 2.47. The quantitative estimate of drug-likeness (QED) is 0.857. The number of hydrogen-bond donors (Lipinski definition) is 2. The Kier molecular flexibility index (Phi) is 3.10. The maximum Gasteiger partial charge on any atom is 0.123 e. The van der Waals surface area contributed by atoms with Gasteiger partial charge in [-0.2, -0.15) is 0 Å². The van der Waals surface area contributed by atoms with Gasteiger partial charge in [0.15, 0.2) is 0 Å². The lowest BCUT2D eigenvalue weighted by Gasteiger charge is -2.03. The number of thiophene rings is 1. The molecule has 3 N–H and O–H groups in total. The fraction of sp³-hybridized carbons (Fsp3) is 0.250. The van der Waals surface area contributed by atoms with Crippen molar-refractivity contribution in [3.05, 3.63) is 39.7 Å². The molecule has 0 aliphatic carbocycles. The Morgan fingerprint density at radius 3 is 2.75 bits per heavy atom. The maximum absolute atomic E-state index is 5.52. The van der Waals surface area contributed by atoms with E-state index in [0.717, 1.165) is 12.2 Å². The van der Waals surface area contributed by atoms with E-state index in [1.54, 1.807) is 12.3 Å². The van der Waals surface area contributed by atoms with Gasteiger partial charge in [-0.1, -0.05) is 0 Å². The highest BCUT2D eigenvalue weighted by atomic mass is 32.1. The summed E-state index contributed by atoms with van der Waals surface area (Å²) in [7, 11) is 0. The molecular formula is C12H15N3S. The van der Waals surface area contributed by atoms with E-state index in [0.29, 0.717) is 5.82 Å². The number of hydrogen-bond acceptors (Lipinski definition) is 4. The van der Waals surface area contributed by atoms with E-state index < -0.39 is 0 Å². The molecule has 0 saturated heterocycles. The van der Waals surface area contributed by atoms with Crippen molar-refractivity contribution in [1.82, 2.24) is 4.98 Å². The van der Waals surface area contributed by atoms with Crippen LogP contribution in [-0.2, 0) is 6.54 Å². The zero-order valence-corrected chi connectivity index (χ0v) is 10.3. The van der Waals surface area contributed by atoms with Gasteiger partial charge >= 0.3 is 0 Å². The van der Waals surface area contributed by atoms with E-state index in [9.17, 15) is 0 Å². The van der Waals surface area contributed by atoms with Gasteiger partial charge in [-0.25, -0.2) is 4.98 Å². The minimum absolute atomic E-state index is 0.549. The fourth-order valence-corrected chi connectivity index (χ4v) is 2.43. The molecule has 2 heterocycles. The summed E-state index contributed by atoms with van der Waals surface area (Å²) in [6.07, 6.45) is 1.75. The molecule has 0 aromatic carbocycles. The fourth-order valence-electron chi connectivity index (χ4n) is 1.44. The first-order valence-electron chi connectivity index (χ1n) is 5.16.